The molecule has 28 heavy (non-hydrogen) atoms. The van der Waals surface area contributed by atoms with Gasteiger partial charge in [-0.15, -0.1) is 0 Å². The van der Waals surface area contributed by atoms with Crippen molar-refractivity contribution in [3.05, 3.63) is 35.9 Å². The molecule has 3 heteroatoms. The van der Waals surface area contributed by atoms with E-state index < -0.39 is 0 Å². The Hall–Kier alpha value is -1.06. The fourth-order valence-corrected chi connectivity index (χ4v) is 8.09. The molecule has 2 N–H and O–H groups in total. The predicted molar refractivity (Wildman–Crippen MR) is 121 cm³/mol. The summed E-state index contributed by atoms with van der Waals surface area (Å²) < 4.78 is 0. The summed E-state index contributed by atoms with van der Waals surface area (Å²) in [5.41, 5.74) is 8.53. The standard InChI is InChI=1S/C25H34N2S/c1-2-24-12-18-13-25(16-24,19-6-4-3-5-7-19)14-21(24)22(18)23(28)27-15-17-8-10-20(26)11-9-17/h3-7,15,17-18,20-22H,2,8-14,16,26H2,1H3/b27-15+. The zero-order valence-electron chi connectivity index (χ0n) is 17.1. The van der Waals surface area contributed by atoms with Crippen LogP contribution in [0.2, 0.25) is 0 Å². The smallest absolute Gasteiger partial charge is 0.106 e. The van der Waals surface area contributed by atoms with Gasteiger partial charge in [0.25, 0.3) is 0 Å². The summed E-state index contributed by atoms with van der Waals surface area (Å²) in [6, 6.07) is 11.7. The molecule has 1 aromatic carbocycles. The van der Waals surface area contributed by atoms with Crippen LogP contribution in [-0.2, 0) is 5.41 Å². The maximum atomic E-state index is 6.05. The molecular formula is C25H34N2S. The van der Waals surface area contributed by atoms with Gasteiger partial charge in [0.05, 0.1) is 0 Å². The van der Waals surface area contributed by atoms with Gasteiger partial charge in [-0.05, 0) is 85.5 Å². The molecule has 0 saturated heterocycles. The predicted octanol–water partition coefficient (Wildman–Crippen LogP) is 5.69. The Balaban J connectivity index is 1.36. The van der Waals surface area contributed by atoms with Crippen LogP contribution in [0.3, 0.4) is 0 Å². The molecule has 0 aliphatic heterocycles. The summed E-state index contributed by atoms with van der Waals surface area (Å²) in [5.74, 6) is 2.60. The van der Waals surface area contributed by atoms with E-state index >= 15 is 0 Å². The fourth-order valence-electron chi connectivity index (χ4n) is 7.67. The van der Waals surface area contributed by atoms with Gasteiger partial charge in [-0.1, -0.05) is 55.9 Å². The summed E-state index contributed by atoms with van der Waals surface area (Å²) in [6.07, 6.45) is 13.5. The van der Waals surface area contributed by atoms with Crippen molar-refractivity contribution in [1.29, 1.82) is 0 Å². The largest absolute Gasteiger partial charge is 0.328 e. The summed E-state index contributed by atoms with van der Waals surface area (Å²) >= 11 is 5.96. The third kappa shape index (κ3) is 2.92. The van der Waals surface area contributed by atoms with E-state index in [1.54, 1.807) is 5.56 Å². The maximum absolute atomic E-state index is 6.05. The second kappa shape index (κ2) is 7.02. The van der Waals surface area contributed by atoms with Gasteiger partial charge in [0.1, 0.15) is 4.99 Å². The number of hydrogen-bond donors (Lipinski definition) is 1. The lowest BCUT2D eigenvalue weighted by molar-refractivity contribution is 0.168. The Bertz CT molecular complexity index is 766. The first-order valence-electron chi connectivity index (χ1n) is 11.4. The van der Waals surface area contributed by atoms with Gasteiger partial charge >= 0.3 is 0 Å². The SMILES string of the molecule is CCC12CC3CC(c4ccccc4)(CC1C3C(=S)/N=C/C1CCC(N)CC1)C2. The van der Waals surface area contributed by atoms with Crippen molar-refractivity contribution in [1.82, 2.24) is 0 Å². The van der Waals surface area contributed by atoms with E-state index in [1.807, 2.05) is 0 Å². The minimum Gasteiger partial charge on any atom is -0.328 e. The van der Waals surface area contributed by atoms with E-state index in [1.165, 1.54) is 44.9 Å². The van der Waals surface area contributed by atoms with Crippen LogP contribution in [0.4, 0.5) is 0 Å². The molecule has 4 bridgehead atoms. The van der Waals surface area contributed by atoms with Gasteiger partial charge in [-0.25, -0.2) is 0 Å². The van der Waals surface area contributed by atoms with E-state index in [4.69, 9.17) is 22.9 Å². The summed E-state index contributed by atoms with van der Waals surface area (Å²) in [6.45, 7) is 2.41. The Morgan fingerprint density at radius 2 is 1.89 bits per heavy atom. The molecule has 5 atom stereocenters. The highest BCUT2D eigenvalue weighted by Crippen LogP contribution is 2.73. The molecule has 0 radical (unpaired) electrons. The van der Waals surface area contributed by atoms with Crippen molar-refractivity contribution in [2.75, 3.05) is 0 Å². The van der Waals surface area contributed by atoms with Crippen molar-refractivity contribution in [3.8, 4) is 0 Å². The number of nitrogens with zero attached hydrogens (tertiary/aromatic N) is 1. The lowest BCUT2D eigenvalue weighted by Gasteiger charge is -2.43. The van der Waals surface area contributed by atoms with Gasteiger partial charge in [-0.2, -0.15) is 0 Å². The molecule has 5 aliphatic carbocycles. The summed E-state index contributed by atoms with van der Waals surface area (Å²) in [7, 11) is 0. The van der Waals surface area contributed by atoms with Crippen molar-refractivity contribution in [2.24, 2.45) is 39.8 Å². The van der Waals surface area contributed by atoms with Gasteiger partial charge in [0.2, 0.25) is 0 Å². The zero-order chi connectivity index (χ0) is 19.4. The Kier molecular flexibility index (Phi) is 4.75. The van der Waals surface area contributed by atoms with Crippen LogP contribution in [0, 0.1) is 29.1 Å². The van der Waals surface area contributed by atoms with Gasteiger partial charge in [0, 0.05) is 18.2 Å². The third-order valence-corrected chi connectivity index (χ3v) is 9.33. The molecular weight excluding hydrogens is 360 g/mol. The van der Waals surface area contributed by atoms with E-state index in [0.29, 0.717) is 28.7 Å². The molecule has 0 heterocycles. The number of thiocarbonyl (C=S) groups is 1. The van der Waals surface area contributed by atoms with E-state index in [2.05, 4.69) is 43.5 Å². The zero-order valence-corrected chi connectivity index (χ0v) is 18.0. The first-order valence-corrected chi connectivity index (χ1v) is 11.9. The highest BCUT2D eigenvalue weighted by molar-refractivity contribution is 7.80. The lowest BCUT2D eigenvalue weighted by Crippen LogP contribution is -2.37. The normalized spacial score (nSPS) is 44.4. The number of nitrogens with two attached hydrogens (primary N) is 1. The Labute approximate surface area is 175 Å². The number of hydrogen-bond acceptors (Lipinski definition) is 2. The monoisotopic (exact) mass is 394 g/mol. The molecule has 0 aromatic heterocycles. The van der Waals surface area contributed by atoms with Crippen molar-refractivity contribution in [2.45, 2.75) is 76.2 Å². The number of benzene rings is 1. The fraction of sp³-hybridized carbons (Fsp3) is 0.680. The van der Waals surface area contributed by atoms with Crippen LogP contribution in [0.25, 0.3) is 0 Å². The minimum atomic E-state index is 0.399. The maximum Gasteiger partial charge on any atom is 0.106 e. The molecule has 5 aliphatic rings. The molecule has 5 saturated carbocycles. The van der Waals surface area contributed by atoms with Crippen LogP contribution < -0.4 is 5.73 Å². The van der Waals surface area contributed by atoms with E-state index in [0.717, 1.165) is 29.7 Å². The highest BCUT2D eigenvalue weighted by atomic mass is 32.1. The Morgan fingerprint density at radius 1 is 1.14 bits per heavy atom. The first-order chi connectivity index (χ1) is 13.6. The van der Waals surface area contributed by atoms with Crippen molar-refractivity contribution < 1.29 is 0 Å². The molecule has 0 spiro atoms. The van der Waals surface area contributed by atoms with Crippen molar-refractivity contribution >= 4 is 23.4 Å². The quantitative estimate of drug-likeness (QED) is 0.526. The average molecular weight is 395 g/mol. The molecule has 0 amide bonds. The molecule has 5 fully saturated rings. The lowest BCUT2D eigenvalue weighted by atomic mass is 9.62. The third-order valence-electron chi connectivity index (χ3n) is 8.96. The number of aliphatic imine (C=N–C) groups is 1. The topological polar surface area (TPSA) is 38.4 Å². The second-order valence-corrected chi connectivity index (χ2v) is 10.8. The van der Waals surface area contributed by atoms with Crippen molar-refractivity contribution in [3.63, 3.8) is 0 Å². The van der Waals surface area contributed by atoms with Crippen LogP contribution in [0.5, 0.6) is 0 Å². The molecule has 5 unspecified atom stereocenters. The number of rotatable bonds is 4. The van der Waals surface area contributed by atoms with Gasteiger partial charge < -0.3 is 5.73 Å². The summed E-state index contributed by atoms with van der Waals surface area (Å²) in [5, 5.41) is 0. The average Bonchev–Trinajstić information content (AvgIpc) is 3.09. The molecule has 150 valence electrons. The molecule has 1 aromatic rings. The van der Waals surface area contributed by atoms with E-state index in [9.17, 15) is 0 Å². The second-order valence-electron chi connectivity index (χ2n) is 10.3. The van der Waals surface area contributed by atoms with Crippen LogP contribution >= 0.6 is 12.2 Å². The van der Waals surface area contributed by atoms with E-state index in [-0.39, 0.29) is 0 Å². The Morgan fingerprint density at radius 3 is 2.61 bits per heavy atom. The van der Waals surface area contributed by atoms with Crippen LogP contribution in [-0.4, -0.2) is 17.2 Å². The van der Waals surface area contributed by atoms with Gasteiger partial charge in [0.15, 0.2) is 0 Å². The van der Waals surface area contributed by atoms with Crippen LogP contribution in [0.1, 0.15) is 70.3 Å². The summed E-state index contributed by atoms with van der Waals surface area (Å²) in [4.78, 5) is 5.93. The molecule has 6 rings (SSSR count). The highest BCUT2D eigenvalue weighted by Gasteiger charge is 2.67. The van der Waals surface area contributed by atoms with Gasteiger partial charge in [-0.3, -0.25) is 4.99 Å². The minimum absolute atomic E-state index is 0.399. The molecule has 2 nitrogen and oxygen atoms in total. The van der Waals surface area contributed by atoms with Crippen LogP contribution in [0.15, 0.2) is 35.3 Å². The first kappa shape index (κ1) is 18.9.